The van der Waals surface area contributed by atoms with Gasteiger partial charge in [-0.15, -0.1) is 0 Å². The van der Waals surface area contributed by atoms with E-state index >= 15 is 0 Å². The molecule has 1 aromatic heterocycles. The van der Waals surface area contributed by atoms with Crippen LogP contribution in [-0.4, -0.2) is 65.4 Å². The van der Waals surface area contributed by atoms with Crippen LogP contribution in [0.15, 0.2) is 60.8 Å². The lowest BCUT2D eigenvalue weighted by atomic mass is 10.1. The molecule has 0 unspecified atom stereocenters. The number of ether oxygens (including phenoxy) is 1. The van der Waals surface area contributed by atoms with E-state index in [1.165, 1.54) is 10.6 Å². The zero-order chi connectivity index (χ0) is 28.5. The fourth-order valence-electron chi connectivity index (χ4n) is 3.79. The number of nitrogens with zero attached hydrogens (tertiary/aromatic N) is 3. The summed E-state index contributed by atoms with van der Waals surface area (Å²) in [5.74, 6) is 0.714. The van der Waals surface area contributed by atoms with Gasteiger partial charge in [0.05, 0.1) is 11.9 Å². The fraction of sp³-hybridized carbons (Fsp3) is 0.393. The standard InChI is InChI=1S/C28H37N5O5S/c1-28(2,3)38-27(35)31-14-7-17-33(39(4,36)37)20-22-9-5-10-23(18-22)25-13-16-30-26(32-25)29-15-12-21-8-6-11-24(34)19-21/h5-6,8-11,13,16,18-19,34H,7,12,14-15,17,20H2,1-4H3,(H,31,35)(H,29,30,32). The highest BCUT2D eigenvalue weighted by Crippen LogP contribution is 2.21. The molecule has 210 valence electrons. The maximum atomic E-state index is 12.4. The number of hydrogen-bond donors (Lipinski definition) is 3. The molecule has 3 aromatic rings. The third-order valence-corrected chi connectivity index (χ3v) is 6.82. The minimum absolute atomic E-state index is 0.194. The Morgan fingerprint density at radius 3 is 2.51 bits per heavy atom. The number of anilines is 1. The van der Waals surface area contributed by atoms with Crippen LogP contribution in [0.25, 0.3) is 11.3 Å². The van der Waals surface area contributed by atoms with E-state index in [2.05, 4.69) is 20.6 Å². The first-order valence-corrected chi connectivity index (χ1v) is 14.6. The van der Waals surface area contributed by atoms with Crippen molar-refractivity contribution in [2.45, 2.75) is 45.8 Å². The molecule has 0 aliphatic heterocycles. The Morgan fingerprint density at radius 1 is 1.05 bits per heavy atom. The first-order chi connectivity index (χ1) is 18.4. The number of phenolic OH excluding ortho intramolecular Hbond substituents is 1. The minimum atomic E-state index is -3.47. The summed E-state index contributed by atoms with van der Waals surface area (Å²) in [5.41, 5.74) is 2.77. The molecule has 0 aliphatic rings. The average Bonchev–Trinajstić information content (AvgIpc) is 2.85. The highest BCUT2D eigenvalue weighted by atomic mass is 32.2. The van der Waals surface area contributed by atoms with E-state index in [0.717, 1.165) is 16.7 Å². The number of carbonyl (C=O) groups excluding carboxylic acids is 1. The molecule has 10 nitrogen and oxygen atoms in total. The van der Waals surface area contributed by atoms with Crippen LogP contribution >= 0.6 is 0 Å². The number of nitrogens with one attached hydrogen (secondary N) is 2. The molecule has 0 spiro atoms. The molecule has 1 heterocycles. The number of benzene rings is 2. The Hall–Kier alpha value is -3.70. The van der Waals surface area contributed by atoms with Crippen molar-refractivity contribution in [2.24, 2.45) is 0 Å². The number of rotatable bonds is 12. The van der Waals surface area contributed by atoms with Gasteiger partial charge in [-0.05, 0) is 69.0 Å². The molecular formula is C28H37N5O5S. The van der Waals surface area contributed by atoms with Gasteiger partial charge in [0.2, 0.25) is 16.0 Å². The molecular weight excluding hydrogens is 518 g/mol. The van der Waals surface area contributed by atoms with Crippen molar-refractivity contribution < 1.29 is 23.1 Å². The lowest BCUT2D eigenvalue weighted by Gasteiger charge is -2.22. The Morgan fingerprint density at radius 2 is 1.79 bits per heavy atom. The number of aromatic nitrogens is 2. The third kappa shape index (κ3) is 10.5. The Bertz CT molecular complexity index is 1360. The zero-order valence-corrected chi connectivity index (χ0v) is 23.7. The largest absolute Gasteiger partial charge is 0.508 e. The number of carbonyl (C=O) groups is 1. The second-order valence-electron chi connectivity index (χ2n) is 10.2. The van der Waals surface area contributed by atoms with E-state index in [4.69, 9.17) is 4.74 Å². The van der Waals surface area contributed by atoms with Gasteiger partial charge >= 0.3 is 6.09 Å². The van der Waals surface area contributed by atoms with Crippen molar-refractivity contribution >= 4 is 22.1 Å². The number of aromatic hydroxyl groups is 1. The van der Waals surface area contributed by atoms with Crippen LogP contribution in [0.5, 0.6) is 5.75 Å². The molecule has 0 atom stereocenters. The van der Waals surface area contributed by atoms with E-state index in [1.807, 2.05) is 30.3 Å². The number of sulfonamides is 1. The fourth-order valence-corrected chi connectivity index (χ4v) is 4.63. The predicted octanol–water partition coefficient (Wildman–Crippen LogP) is 4.18. The molecule has 3 N–H and O–H groups in total. The summed E-state index contributed by atoms with van der Waals surface area (Å²) in [6.45, 7) is 6.68. The molecule has 2 aromatic carbocycles. The molecule has 0 aliphatic carbocycles. The first kappa shape index (κ1) is 29.9. The van der Waals surface area contributed by atoms with Crippen LogP contribution in [0.2, 0.25) is 0 Å². The van der Waals surface area contributed by atoms with Crippen LogP contribution < -0.4 is 10.6 Å². The monoisotopic (exact) mass is 555 g/mol. The van der Waals surface area contributed by atoms with E-state index in [1.54, 1.807) is 51.2 Å². The van der Waals surface area contributed by atoms with Gasteiger partial charge in [-0.25, -0.2) is 23.2 Å². The highest BCUT2D eigenvalue weighted by Gasteiger charge is 2.19. The summed E-state index contributed by atoms with van der Waals surface area (Å²) >= 11 is 0. The van der Waals surface area contributed by atoms with E-state index < -0.39 is 21.7 Å². The van der Waals surface area contributed by atoms with Crippen LogP contribution in [0.1, 0.15) is 38.3 Å². The van der Waals surface area contributed by atoms with Crippen molar-refractivity contribution in [3.8, 4) is 17.0 Å². The van der Waals surface area contributed by atoms with Crippen molar-refractivity contribution in [1.29, 1.82) is 0 Å². The highest BCUT2D eigenvalue weighted by molar-refractivity contribution is 7.88. The van der Waals surface area contributed by atoms with Gasteiger partial charge in [-0.1, -0.05) is 30.3 Å². The van der Waals surface area contributed by atoms with Crippen LogP contribution in [0.3, 0.4) is 0 Å². The normalized spacial score (nSPS) is 11.8. The SMILES string of the molecule is CC(C)(C)OC(=O)NCCCN(Cc1cccc(-c2ccnc(NCCc3cccc(O)c3)n2)c1)S(C)(=O)=O. The Balaban J connectivity index is 1.60. The van der Waals surface area contributed by atoms with Crippen molar-refractivity contribution in [1.82, 2.24) is 19.6 Å². The van der Waals surface area contributed by atoms with Gasteiger partial charge in [-0.2, -0.15) is 4.31 Å². The number of phenols is 1. The topological polar surface area (TPSA) is 134 Å². The van der Waals surface area contributed by atoms with Crippen LogP contribution in [0.4, 0.5) is 10.7 Å². The number of hydrogen-bond acceptors (Lipinski definition) is 8. The summed E-state index contributed by atoms with van der Waals surface area (Å²) in [4.78, 5) is 20.7. The van der Waals surface area contributed by atoms with Crippen LogP contribution in [0, 0.1) is 0 Å². The van der Waals surface area contributed by atoms with Crippen LogP contribution in [-0.2, 0) is 27.7 Å². The van der Waals surface area contributed by atoms with E-state index in [-0.39, 0.29) is 18.8 Å². The van der Waals surface area contributed by atoms with E-state index in [9.17, 15) is 18.3 Å². The van der Waals surface area contributed by atoms with Gasteiger partial charge in [0.1, 0.15) is 11.4 Å². The molecule has 0 bridgehead atoms. The molecule has 11 heteroatoms. The van der Waals surface area contributed by atoms with Crippen molar-refractivity contribution in [2.75, 3.05) is 31.2 Å². The average molecular weight is 556 g/mol. The first-order valence-electron chi connectivity index (χ1n) is 12.8. The number of alkyl carbamates (subject to hydrolysis) is 1. The van der Waals surface area contributed by atoms with Gasteiger partial charge in [0.15, 0.2) is 0 Å². The summed E-state index contributed by atoms with van der Waals surface area (Å²) in [6.07, 6.45) is 3.46. The molecule has 39 heavy (non-hydrogen) atoms. The maximum Gasteiger partial charge on any atom is 0.407 e. The summed E-state index contributed by atoms with van der Waals surface area (Å²) in [6, 6.07) is 16.5. The second kappa shape index (κ2) is 13.4. The lowest BCUT2D eigenvalue weighted by Crippen LogP contribution is -2.35. The molecule has 3 rings (SSSR count). The van der Waals surface area contributed by atoms with Gasteiger partial charge in [0.25, 0.3) is 0 Å². The molecule has 0 fully saturated rings. The van der Waals surface area contributed by atoms with Crippen molar-refractivity contribution in [3.05, 3.63) is 71.9 Å². The smallest absolute Gasteiger partial charge is 0.407 e. The van der Waals surface area contributed by atoms with Gasteiger partial charge in [0, 0.05) is 37.9 Å². The summed E-state index contributed by atoms with van der Waals surface area (Å²) in [5, 5.41) is 15.5. The molecule has 0 radical (unpaired) electrons. The number of amides is 1. The molecule has 1 amide bonds. The van der Waals surface area contributed by atoms with Crippen molar-refractivity contribution in [3.63, 3.8) is 0 Å². The predicted molar refractivity (Wildman–Crippen MR) is 152 cm³/mol. The molecule has 0 saturated carbocycles. The summed E-state index contributed by atoms with van der Waals surface area (Å²) in [7, 11) is -3.47. The Kier molecular flexibility index (Phi) is 10.2. The van der Waals surface area contributed by atoms with Gasteiger partial charge < -0.3 is 20.5 Å². The third-order valence-electron chi connectivity index (χ3n) is 5.57. The Labute approximate surface area is 230 Å². The quantitative estimate of drug-likeness (QED) is 0.284. The second-order valence-corrected chi connectivity index (χ2v) is 12.2. The molecule has 0 saturated heterocycles. The summed E-state index contributed by atoms with van der Waals surface area (Å²) < 4.78 is 31.5. The maximum absolute atomic E-state index is 12.4. The van der Waals surface area contributed by atoms with Gasteiger partial charge in [-0.3, -0.25) is 0 Å². The minimum Gasteiger partial charge on any atom is -0.508 e. The zero-order valence-electron chi connectivity index (χ0n) is 22.8. The van der Waals surface area contributed by atoms with E-state index in [0.29, 0.717) is 37.6 Å². The lowest BCUT2D eigenvalue weighted by molar-refractivity contribution is 0.0526.